The second-order valence-corrected chi connectivity index (χ2v) is 20.5. The molecular weight excluding hydrogens is 711 g/mol. The quantitative estimate of drug-likeness (QED) is 0.0906. The molecule has 16 atom stereocenters. The van der Waals surface area contributed by atoms with Gasteiger partial charge in [-0.3, -0.25) is 0 Å². The molecule has 10 aliphatic rings. The van der Waals surface area contributed by atoms with E-state index < -0.39 is 63.2 Å². The Bertz CT molecular complexity index is 1710. The summed E-state index contributed by atoms with van der Waals surface area (Å²) in [6, 6.07) is 0. The van der Waals surface area contributed by atoms with Gasteiger partial charge in [0, 0.05) is 49.5 Å². The molecule has 0 aromatic carbocycles. The van der Waals surface area contributed by atoms with E-state index in [9.17, 15) is 35.1 Å². The standard InChI is InChI=1S/C46H65NO9/c1-55-19-7-18-47-25-30-20-29-24-44(52)41(14-4-5-15-43(30)34(39(29)41)23-38(50)56-43)17-13-37-42(26-48)16-12-36(49)33-21-28-10-6-11-31(27-8-2-3-9-27)32(28)22-35(45(33,42)53)40(51)46(37,44)54/h6,10,20,23,26-29,31-33,35-37,39-40,47,49,51-54H,2-5,7-9,11-19,21-22,24-25H2,1H3. The molecule has 0 aromatic rings. The van der Waals surface area contributed by atoms with Crippen LogP contribution in [0.1, 0.15) is 109 Å². The van der Waals surface area contributed by atoms with Crippen LogP contribution in [-0.2, 0) is 19.1 Å². The van der Waals surface area contributed by atoms with Gasteiger partial charge >= 0.3 is 5.97 Å². The summed E-state index contributed by atoms with van der Waals surface area (Å²) in [5.41, 5.74) is -7.04. The highest BCUT2D eigenvalue weighted by Crippen LogP contribution is 2.78. The molecule has 0 aromatic heterocycles. The zero-order chi connectivity index (χ0) is 38.9. The Labute approximate surface area is 331 Å². The zero-order valence-corrected chi connectivity index (χ0v) is 33.2. The number of esters is 1. The van der Waals surface area contributed by atoms with Crippen LogP contribution in [0.25, 0.3) is 0 Å². The topological polar surface area (TPSA) is 166 Å². The fourth-order valence-corrected chi connectivity index (χ4v) is 17.0. The number of aldehydes is 1. The zero-order valence-electron chi connectivity index (χ0n) is 33.2. The van der Waals surface area contributed by atoms with Crippen molar-refractivity contribution in [3.63, 3.8) is 0 Å². The number of aliphatic hydroxyl groups excluding tert-OH is 2. The number of aliphatic hydroxyl groups is 5. The number of carbonyl (C=O) groups is 2. The first-order valence-electron chi connectivity index (χ1n) is 22.5. The van der Waals surface area contributed by atoms with Crippen molar-refractivity contribution >= 4 is 12.3 Å². The van der Waals surface area contributed by atoms with Crippen molar-refractivity contribution in [1.29, 1.82) is 0 Å². The molecule has 0 saturated heterocycles. The van der Waals surface area contributed by atoms with Crippen LogP contribution in [0.15, 0.2) is 35.5 Å². The molecule has 0 radical (unpaired) electrons. The lowest BCUT2D eigenvalue weighted by atomic mass is 9.35. The number of ether oxygens (including phenoxy) is 2. The van der Waals surface area contributed by atoms with Gasteiger partial charge < -0.3 is 45.1 Å². The van der Waals surface area contributed by atoms with Gasteiger partial charge in [0.05, 0.1) is 23.2 Å². The van der Waals surface area contributed by atoms with E-state index in [0.717, 1.165) is 49.7 Å². The summed E-state index contributed by atoms with van der Waals surface area (Å²) in [5, 5.41) is 70.2. The number of allylic oxidation sites excluding steroid dienone is 3. The lowest BCUT2D eigenvalue weighted by Gasteiger charge is -2.73. The number of hydrogen-bond acceptors (Lipinski definition) is 10. The highest BCUT2D eigenvalue weighted by molar-refractivity contribution is 5.88. The third-order valence-electron chi connectivity index (χ3n) is 19.0. The summed E-state index contributed by atoms with van der Waals surface area (Å²) in [6.07, 6.45) is 18.9. The van der Waals surface area contributed by atoms with Crippen molar-refractivity contribution in [2.24, 2.45) is 64.1 Å². The molecule has 10 rings (SSSR count). The molecule has 10 nitrogen and oxygen atoms in total. The summed E-state index contributed by atoms with van der Waals surface area (Å²) >= 11 is 0. The van der Waals surface area contributed by atoms with Gasteiger partial charge in [-0.15, -0.1) is 0 Å². The highest BCUT2D eigenvalue weighted by atomic mass is 16.6. The van der Waals surface area contributed by atoms with Gasteiger partial charge in [0.2, 0.25) is 0 Å². The van der Waals surface area contributed by atoms with E-state index in [0.29, 0.717) is 69.9 Å². The second kappa shape index (κ2) is 13.3. The molecule has 16 unspecified atom stereocenters. The molecule has 0 amide bonds. The first kappa shape index (κ1) is 38.3. The van der Waals surface area contributed by atoms with Crippen LogP contribution in [0.5, 0.6) is 0 Å². The first-order chi connectivity index (χ1) is 27.0. The number of rotatable bonds is 8. The number of methoxy groups -OCH3 is 1. The monoisotopic (exact) mass is 775 g/mol. The molecule has 10 heteroatoms. The Hall–Kier alpha value is -1.92. The molecule has 1 aliphatic heterocycles. The van der Waals surface area contributed by atoms with E-state index >= 15 is 0 Å². The molecule has 308 valence electrons. The van der Waals surface area contributed by atoms with Gasteiger partial charge in [0.15, 0.2) is 5.60 Å². The molecular formula is C46H65NO9. The van der Waals surface area contributed by atoms with Crippen LogP contribution in [0.3, 0.4) is 0 Å². The Morgan fingerprint density at radius 2 is 1.73 bits per heavy atom. The fourth-order valence-electron chi connectivity index (χ4n) is 17.0. The second-order valence-electron chi connectivity index (χ2n) is 20.5. The van der Waals surface area contributed by atoms with Crippen LogP contribution < -0.4 is 5.32 Å². The van der Waals surface area contributed by atoms with Gasteiger partial charge in [-0.2, -0.15) is 0 Å². The molecule has 56 heavy (non-hydrogen) atoms. The van der Waals surface area contributed by atoms with Crippen LogP contribution in [0, 0.1) is 64.1 Å². The molecule has 6 N–H and O–H groups in total. The third-order valence-corrected chi connectivity index (χ3v) is 19.0. The van der Waals surface area contributed by atoms with Gasteiger partial charge in [-0.05, 0) is 130 Å². The van der Waals surface area contributed by atoms with Gasteiger partial charge in [-0.1, -0.05) is 50.3 Å². The number of hydrogen-bond donors (Lipinski definition) is 6. The Morgan fingerprint density at radius 3 is 2.52 bits per heavy atom. The number of carbonyl (C=O) groups excluding carboxylic acids is 2. The maximum atomic E-state index is 14.1. The van der Waals surface area contributed by atoms with Crippen LogP contribution in [0.2, 0.25) is 0 Å². The summed E-state index contributed by atoms with van der Waals surface area (Å²) in [7, 11) is 1.69. The van der Waals surface area contributed by atoms with Crippen molar-refractivity contribution in [2.45, 2.75) is 144 Å². The van der Waals surface area contributed by atoms with Crippen LogP contribution >= 0.6 is 0 Å². The minimum atomic E-state index is -2.11. The Kier molecular flexibility index (Phi) is 9.09. The maximum Gasteiger partial charge on any atom is 0.332 e. The predicted octanol–water partition coefficient (Wildman–Crippen LogP) is 4.31. The van der Waals surface area contributed by atoms with Crippen molar-refractivity contribution < 1.29 is 44.6 Å². The Balaban J connectivity index is 1.11. The number of nitrogens with one attached hydrogen (secondary N) is 1. The van der Waals surface area contributed by atoms with E-state index in [1.54, 1.807) is 13.2 Å². The van der Waals surface area contributed by atoms with Gasteiger partial charge in [-0.25, -0.2) is 4.79 Å². The van der Waals surface area contributed by atoms with Crippen molar-refractivity contribution in [1.82, 2.24) is 5.32 Å². The average Bonchev–Trinajstić information content (AvgIpc) is 3.86. The lowest BCUT2D eigenvalue weighted by molar-refractivity contribution is -0.375. The smallest absolute Gasteiger partial charge is 0.332 e. The van der Waals surface area contributed by atoms with Crippen LogP contribution in [-0.4, -0.2) is 99.2 Å². The first-order valence-corrected chi connectivity index (χ1v) is 22.5. The van der Waals surface area contributed by atoms with Crippen molar-refractivity contribution in [2.75, 3.05) is 26.8 Å². The van der Waals surface area contributed by atoms with E-state index in [4.69, 9.17) is 9.47 Å². The normalized spacial score (nSPS) is 52.9. The van der Waals surface area contributed by atoms with E-state index in [-0.39, 0.29) is 42.5 Å². The highest BCUT2D eigenvalue weighted by Gasteiger charge is 2.85. The van der Waals surface area contributed by atoms with Crippen LogP contribution in [0.4, 0.5) is 0 Å². The summed E-state index contributed by atoms with van der Waals surface area (Å²) in [5.74, 6) is -2.19. The minimum Gasteiger partial charge on any atom is -0.447 e. The molecule has 9 aliphatic carbocycles. The SMILES string of the molecule is COCCCNCC1=CC2CC3(O)C4(CCCCC15OC(=O)C=C5C24)CCC1C2(C=O)CCC(O)C4CC5C=CCC(C6CCCC6)C5CC(C(O)C13O)C42O. The van der Waals surface area contributed by atoms with Crippen molar-refractivity contribution in [3.05, 3.63) is 35.5 Å². The van der Waals surface area contributed by atoms with E-state index in [1.807, 2.05) is 0 Å². The average molecular weight is 776 g/mol. The fraction of sp³-hybridized carbons (Fsp3) is 0.826. The minimum absolute atomic E-state index is 0.0935. The molecule has 7 saturated carbocycles. The molecule has 1 spiro atoms. The summed E-state index contributed by atoms with van der Waals surface area (Å²) < 4.78 is 11.6. The third kappa shape index (κ3) is 4.64. The lowest BCUT2D eigenvalue weighted by Crippen LogP contribution is -2.85. The van der Waals surface area contributed by atoms with Gasteiger partial charge in [0.1, 0.15) is 17.5 Å². The van der Waals surface area contributed by atoms with E-state index in [2.05, 4.69) is 23.5 Å². The molecule has 1 heterocycles. The summed E-state index contributed by atoms with van der Waals surface area (Å²) in [4.78, 5) is 27.6. The maximum absolute atomic E-state index is 14.1. The Morgan fingerprint density at radius 1 is 0.929 bits per heavy atom. The van der Waals surface area contributed by atoms with Crippen molar-refractivity contribution in [3.8, 4) is 0 Å². The molecule has 7 fully saturated rings. The molecule has 2 bridgehead atoms. The van der Waals surface area contributed by atoms with E-state index in [1.165, 1.54) is 25.7 Å². The largest absolute Gasteiger partial charge is 0.447 e. The summed E-state index contributed by atoms with van der Waals surface area (Å²) in [6.45, 7) is 1.89. The predicted molar refractivity (Wildman–Crippen MR) is 207 cm³/mol. The van der Waals surface area contributed by atoms with Gasteiger partial charge in [0.25, 0.3) is 0 Å². The number of fused-ring (bicyclic) bond motifs is 4.